The molecule has 1 aliphatic rings. The van der Waals surface area contributed by atoms with E-state index in [1.807, 2.05) is 30.3 Å². The van der Waals surface area contributed by atoms with Crippen molar-refractivity contribution < 1.29 is 14.2 Å². The van der Waals surface area contributed by atoms with Crippen molar-refractivity contribution in [3.8, 4) is 5.75 Å². The van der Waals surface area contributed by atoms with Gasteiger partial charge >= 0.3 is 0 Å². The zero-order valence-electron chi connectivity index (χ0n) is 12.6. The first-order valence-electron chi connectivity index (χ1n) is 7.56. The minimum Gasteiger partial charge on any atom is -0.490 e. The molecule has 2 atom stereocenters. The van der Waals surface area contributed by atoms with E-state index in [2.05, 4.69) is 12.2 Å². The number of rotatable bonds is 4. The van der Waals surface area contributed by atoms with Crippen molar-refractivity contribution in [2.45, 2.75) is 32.0 Å². The van der Waals surface area contributed by atoms with Gasteiger partial charge in [0, 0.05) is 24.1 Å². The summed E-state index contributed by atoms with van der Waals surface area (Å²) in [6.07, 6.45) is 0.806. The lowest BCUT2D eigenvalue weighted by Crippen LogP contribution is -2.29. The maximum Gasteiger partial charge on any atom is 0.165 e. The molecule has 3 rings (SSSR count). The Balaban J connectivity index is 1.80. The van der Waals surface area contributed by atoms with Gasteiger partial charge in [0.15, 0.2) is 11.6 Å². The summed E-state index contributed by atoms with van der Waals surface area (Å²) in [6.45, 7) is 2.62. The van der Waals surface area contributed by atoms with Crippen LogP contribution in [0.5, 0.6) is 5.75 Å². The molecule has 0 radical (unpaired) electrons. The van der Waals surface area contributed by atoms with Gasteiger partial charge in [0.05, 0.1) is 13.2 Å². The third kappa shape index (κ3) is 2.98. The highest BCUT2D eigenvalue weighted by Gasteiger charge is 2.25. The lowest BCUT2D eigenvalue weighted by molar-refractivity contribution is 0.235. The van der Waals surface area contributed by atoms with Gasteiger partial charge in [0.2, 0.25) is 0 Å². The molecule has 0 aromatic heterocycles. The van der Waals surface area contributed by atoms with Gasteiger partial charge in [-0.1, -0.05) is 36.4 Å². The van der Waals surface area contributed by atoms with E-state index in [0.29, 0.717) is 12.4 Å². The highest BCUT2D eigenvalue weighted by molar-refractivity contribution is 5.39. The molecule has 0 amide bonds. The summed E-state index contributed by atoms with van der Waals surface area (Å²) in [6, 6.07) is 13.1. The zero-order chi connectivity index (χ0) is 15.5. The van der Waals surface area contributed by atoms with E-state index in [0.717, 1.165) is 23.1 Å². The van der Waals surface area contributed by atoms with E-state index in [1.54, 1.807) is 6.07 Å². The SMILES string of the molecule is CC(N[C@@H]1CCOc2c(F)cccc21)c1cccc(CO)c1. The number of nitrogens with one attached hydrogen (secondary N) is 1. The average Bonchev–Trinajstić information content (AvgIpc) is 2.56. The molecule has 4 heteroatoms. The molecule has 2 aromatic rings. The topological polar surface area (TPSA) is 41.5 Å². The number of ether oxygens (including phenoxy) is 1. The number of fused-ring (bicyclic) bond motifs is 1. The number of aliphatic hydroxyl groups is 1. The predicted molar refractivity (Wildman–Crippen MR) is 83.2 cm³/mol. The second-order valence-corrected chi connectivity index (χ2v) is 5.64. The molecule has 22 heavy (non-hydrogen) atoms. The second kappa shape index (κ2) is 6.46. The van der Waals surface area contributed by atoms with Crippen molar-refractivity contribution in [3.63, 3.8) is 0 Å². The van der Waals surface area contributed by atoms with Crippen molar-refractivity contribution >= 4 is 0 Å². The van der Waals surface area contributed by atoms with Gasteiger partial charge in [-0.25, -0.2) is 4.39 Å². The van der Waals surface area contributed by atoms with E-state index in [4.69, 9.17) is 4.74 Å². The Kier molecular flexibility index (Phi) is 4.41. The number of aliphatic hydroxyl groups excluding tert-OH is 1. The van der Waals surface area contributed by atoms with Crippen molar-refractivity contribution in [2.75, 3.05) is 6.61 Å². The molecule has 0 bridgehead atoms. The van der Waals surface area contributed by atoms with Crippen LogP contribution in [-0.2, 0) is 6.61 Å². The minimum absolute atomic E-state index is 0.0336. The predicted octanol–water partition coefficient (Wildman–Crippen LogP) is 3.49. The van der Waals surface area contributed by atoms with Crippen LogP contribution in [0.1, 0.15) is 42.1 Å². The van der Waals surface area contributed by atoms with Crippen LogP contribution >= 0.6 is 0 Å². The summed E-state index contributed by atoms with van der Waals surface area (Å²) in [7, 11) is 0. The van der Waals surface area contributed by atoms with Crippen molar-refractivity contribution in [1.29, 1.82) is 0 Å². The third-order valence-electron chi connectivity index (χ3n) is 4.11. The van der Waals surface area contributed by atoms with Gasteiger partial charge < -0.3 is 15.2 Å². The Morgan fingerprint density at radius 3 is 2.95 bits per heavy atom. The Hall–Kier alpha value is -1.91. The first kappa shape index (κ1) is 15.0. The van der Waals surface area contributed by atoms with Crippen LogP contribution in [0.2, 0.25) is 0 Å². The number of halogens is 1. The molecule has 0 saturated carbocycles. The van der Waals surface area contributed by atoms with E-state index in [9.17, 15) is 9.50 Å². The minimum atomic E-state index is -0.307. The average molecular weight is 301 g/mol. The normalized spacial score (nSPS) is 18.4. The van der Waals surface area contributed by atoms with Crippen LogP contribution < -0.4 is 10.1 Å². The van der Waals surface area contributed by atoms with Crippen LogP contribution in [0, 0.1) is 5.82 Å². The highest BCUT2D eigenvalue weighted by atomic mass is 19.1. The van der Waals surface area contributed by atoms with Crippen LogP contribution in [0.15, 0.2) is 42.5 Å². The molecule has 1 unspecified atom stereocenters. The van der Waals surface area contributed by atoms with Gasteiger partial charge in [-0.3, -0.25) is 0 Å². The van der Waals surface area contributed by atoms with Gasteiger partial charge in [0.1, 0.15) is 0 Å². The monoisotopic (exact) mass is 301 g/mol. The summed E-state index contributed by atoms with van der Waals surface area (Å²) >= 11 is 0. The fraction of sp³-hybridized carbons (Fsp3) is 0.333. The van der Waals surface area contributed by atoms with Crippen LogP contribution in [0.4, 0.5) is 4.39 Å². The van der Waals surface area contributed by atoms with Gasteiger partial charge in [-0.2, -0.15) is 0 Å². The molecule has 0 fully saturated rings. The van der Waals surface area contributed by atoms with Gasteiger partial charge in [0.25, 0.3) is 0 Å². The molecule has 0 saturated heterocycles. The molecule has 0 spiro atoms. The highest BCUT2D eigenvalue weighted by Crippen LogP contribution is 2.35. The number of para-hydroxylation sites is 1. The van der Waals surface area contributed by atoms with Crippen LogP contribution in [0.25, 0.3) is 0 Å². The Labute approximate surface area is 129 Å². The standard InChI is InChI=1S/C18H20FNO2/c1-12(14-5-2-4-13(10-14)11-21)20-17-8-9-22-18-15(17)6-3-7-16(18)19/h2-7,10,12,17,20-21H,8-9,11H2,1H3/t12?,17-/m1/s1. The van der Waals surface area contributed by atoms with E-state index in [1.165, 1.54) is 6.07 Å². The molecule has 1 aliphatic heterocycles. The quantitative estimate of drug-likeness (QED) is 0.908. The maximum atomic E-state index is 13.8. The molecule has 2 aromatic carbocycles. The fourth-order valence-electron chi connectivity index (χ4n) is 2.92. The molecule has 2 N–H and O–H groups in total. The van der Waals surface area contributed by atoms with E-state index >= 15 is 0 Å². The summed E-state index contributed by atoms with van der Waals surface area (Å²) in [4.78, 5) is 0. The number of benzene rings is 2. The second-order valence-electron chi connectivity index (χ2n) is 5.64. The Bertz CT molecular complexity index is 659. The lowest BCUT2D eigenvalue weighted by Gasteiger charge is -2.29. The molecule has 3 nitrogen and oxygen atoms in total. The van der Waals surface area contributed by atoms with E-state index < -0.39 is 0 Å². The smallest absolute Gasteiger partial charge is 0.165 e. The first-order valence-corrected chi connectivity index (χ1v) is 7.56. The van der Waals surface area contributed by atoms with Crippen molar-refractivity contribution in [2.24, 2.45) is 0 Å². The van der Waals surface area contributed by atoms with Crippen molar-refractivity contribution in [1.82, 2.24) is 5.32 Å². The van der Waals surface area contributed by atoms with Crippen LogP contribution in [0.3, 0.4) is 0 Å². The number of hydrogen-bond acceptors (Lipinski definition) is 3. The van der Waals surface area contributed by atoms with Gasteiger partial charge in [-0.15, -0.1) is 0 Å². The molecule has 0 aliphatic carbocycles. The molecule has 116 valence electrons. The third-order valence-corrected chi connectivity index (χ3v) is 4.11. The largest absolute Gasteiger partial charge is 0.490 e. The Morgan fingerprint density at radius 1 is 1.32 bits per heavy atom. The fourth-order valence-corrected chi connectivity index (χ4v) is 2.92. The summed E-state index contributed by atoms with van der Waals surface area (Å²) < 4.78 is 19.3. The van der Waals surface area contributed by atoms with Crippen LogP contribution in [-0.4, -0.2) is 11.7 Å². The molecule has 1 heterocycles. The van der Waals surface area contributed by atoms with Crippen molar-refractivity contribution in [3.05, 3.63) is 65.0 Å². The molecular formula is C18H20FNO2. The van der Waals surface area contributed by atoms with E-state index in [-0.39, 0.29) is 24.5 Å². The summed E-state index contributed by atoms with van der Waals surface area (Å²) in [5.74, 6) is 0.0569. The maximum absolute atomic E-state index is 13.8. The lowest BCUT2D eigenvalue weighted by atomic mass is 9.97. The zero-order valence-corrected chi connectivity index (χ0v) is 12.6. The first-order chi connectivity index (χ1) is 10.7. The Morgan fingerprint density at radius 2 is 2.14 bits per heavy atom. The molecular weight excluding hydrogens is 281 g/mol. The number of hydrogen-bond donors (Lipinski definition) is 2. The van der Waals surface area contributed by atoms with Gasteiger partial charge in [-0.05, 0) is 24.1 Å². The summed E-state index contributed by atoms with van der Waals surface area (Å²) in [5.41, 5.74) is 2.87. The summed E-state index contributed by atoms with van der Waals surface area (Å²) in [5, 5.41) is 12.8.